The van der Waals surface area contributed by atoms with Gasteiger partial charge in [0.2, 0.25) is 0 Å². The summed E-state index contributed by atoms with van der Waals surface area (Å²) in [5, 5.41) is 10.6. The van der Waals surface area contributed by atoms with E-state index in [1.165, 1.54) is 5.56 Å². The van der Waals surface area contributed by atoms with Crippen LogP contribution >= 0.6 is 11.6 Å². The fourth-order valence-electron chi connectivity index (χ4n) is 2.79. The molecule has 4 heteroatoms. The van der Waals surface area contributed by atoms with Crippen molar-refractivity contribution in [1.29, 1.82) is 0 Å². The van der Waals surface area contributed by atoms with Crippen molar-refractivity contribution in [3.05, 3.63) is 58.6 Å². The number of aromatic hydroxyl groups is 1. The summed E-state index contributed by atoms with van der Waals surface area (Å²) in [6.45, 7) is 0. The number of phenols is 1. The summed E-state index contributed by atoms with van der Waals surface area (Å²) >= 11 is 6.03. The van der Waals surface area contributed by atoms with E-state index in [4.69, 9.17) is 21.1 Å². The lowest BCUT2D eigenvalue weighted by Gasteiger charge is -2.32. The molecule has 0 saturated carbocycles. The highest BCUT2D eigenvalue weighted by Gasteiger charge is 2.30. The number of para-hydroxylation sites is 1. The van der Waals surface area contributed by atoms with E-state index >= 15 is 0 Å². The van der Waals surface area contributed by atoms with E-state index in [-0.39, 0.29) is 18.0 Å². The zero-order chi connectivity index (χ0) is 14.8. The molecule has 1 aliphatic rings. The summed E-state index contributed by atoms with van der Waals surface area (Å²) < 4.78 is 11.6. The van der Waals surface area contributed by atoms with Gasteiger partial charge in [-0.2, -0.15) is 0 Å². The summed E-state index contributed by atoms with van der Waals surface area (Å²) in [6, 6.07) is 13.0. The van der Waals surface area contributed by atoms with Crippen molar-refractivity contribution in [3.8, 4) is 11.5 Å². The molecular weight excluding hydrogens is 288 g/mol. The minimum absolute atomic E-state index is 0.144. The maximum atomic E-state index is 10.1. The van der Waals surface area contributed by atoms with Gasteiger partial charge in [-0.15, -0.1) is 0 Å². The lowest BCUT2D eigenvalue weighted by molar-refractivity contribution is -0.0102. The Kier molecular flexibility index (Phi) is 4.04. The van der Waals surface area contributed by atoms with Crippen molar-refractivity contribution >= 4 is 11.6 Å². The Morgan fingerprint density at radius 1 is 1.29 bits per heavy atom. The van der Waals surface area contributed by atoms with Crippen LogP contribution in [0.3, 0.4) is 0 Å². The van der Waals surface area contributed by atoms with Crippen LogP contribution < -0.4 is 4.74 Å². The third kappa shape index (κ3) is 2.85. The van der Waals surface area contributed by atoms with Crippen molar-refractivity contribution in [3.63, 3.8) is 0 Å². The molecule has 2 aromatic rings. The highest BCUT2D eigenvalue weighted by atomic mass is 35.5. The number of hydrogen-bond donors (Lipinski definition) is 1. The summed E-state index contributed by atoms with van der Waals surface area (Å²) in [7, 11) is 1.62. The molecular formula is C17H17ClO3. The first kappa shape index (κ1) is 14.2. The largest absolute Gasteiger partial charge is 0.508 e. The summed E-state index contributed by atoms with van der Waals surface area (Å²) in [6.07, 6.45) is 1.27. The number of ether oxygens (including phenoxy) is 2. The number of rotatable bonds is 3. The van der Waals surface area contributed by atoms with Gasteiger partial charge < -0.3 is 14.6 Å². The second-order valence-electron chi connectivity index (χ2n) is 5.16. The van der Waals surface area contributed by atoms with Gasteiger partial charge in [0.15, 0.2) is 0 Å². The molecule has 0 fully saturated rings. The van der Waals surface area contributed by atoms with Gasteiger partial charge in [0.1, 0.15) is 23.7 Å². The van der Waals surface area contributed by atoms with Gasteiger partial charge in [-0.1, -0.05) is 29.8 Å². The van der Waals surface area contributed by atoms with Crippen LogP contribution in [0.5, 0.6) is 11.5 Å². The zero-order valence-corrected chi connectivity index (χ0v) is 12.5. The topological polar surface area (TPSA) is 38.7 Å². The highest BCUT2D eigenvalue weighted by Crippen LogP contribution is 2.37. The van der Waals surface area contributed by atoms with E-state index in [2.05, 4.69) is 6.07 Å². The molecule has 0 aliphatic carbocycles. The monoisotopic (exact) mass is 304 g/mol. The molecule has 0 aromatic heterocycles. The molecule has 0 saturated heterocycles. The second-order valence-corrected chi connectivity index (χ2v) is 5.60. The number of phenolic OH excluding ortho intramolecular Hbond substituents is 1. The van der Waals surface area contributed by atoms with Crippen molar-refractivity contribution in [2.24, 2.45) is 0 Å². The third-order valence-corrected chi connectivity index (χ3v) is 4.07. The SMILES string of the molecule is CO[C@H](c1cc(Cl)ccc1O)[C@H]1CCc2ccccc2O1. The quantitative estimate of drug-likeness (QED) is 0.926. The van der Waals surface area contributed by atoms with Gasteiger partial charge in [0, 0.05) is 17.7 Å². The molecule has 2 atom stereocenters. The minimum Gasteiger partial charge on any atom is -0.508 e. The number of fused-ring (bicyclic) bond motifs is 1. The lowest BCUT2D eigenvalue weighted by atomic mass is 9.95. The number of halogens is 1. The molecule has 0 spiro atoms. The van der Waals surface area contributed by atoms with E-state index in [1.54, 1.807) is 25.3 Å². The average Bonchev–Trinajstić information content (AvgIpc) is 2.51. The van der Waals surface area contributed by atoms with Crippen molar-refractivity contribution in [2.75, 3.05) is 7.11 Å². The van der Waals surface area contributed by atoms with E-state index in [9.17, 15) is 5.11 Å². The van der Waals surface area contributed by atoms with Crippen LogP contribution in [0.2, 0.25) is 5.02 Å². The first-order valence-electron chi connectivity index (χ1n) is 6.95. The summed E-state index contributed by atoms with van der Waals surface area (Å²) in [5.74, 6) is 1.06. The maximum Gasteiger partial charge on any atom is 0.129 e. The van der Waals surface area contributed by atoms with Gasteiger partial charge in [0.05, 0.1) is 0 Å². The Bertz CT molecular complexity index is 642. The number of hydrogen-bond acceptors (Lipinski definition) is 3. The van der Waals surface area contributed by atoms with Crippen LogP contribution in [0.1, 0.15) is 23.7 Å². The van der Waals surface area contributed by atoms with Gasteiger partial charge in [-0.25, -0.2) is 0 Å². The number of benzene rings is 2. The van der Waals surface area contributed by atoms with Crippen LogP contribution in [0.4, 0.5) is 0 Å². The average molecular weight is 305 g/mol. The molecule has 110 valence electrons. The highest BCUT2D eigenvalue weighted by molar-refractivity contribution is 6.30. The molecule has 1 heterocycles. The lowest BCUT2D eigenvalue weighted by Crippen LogP contribution is -2.30. The molecule has 21 heavy (non-hydrogen) atoms. The van der Waals surface area contributed by atoms with Crippen molar-refractivity contribution in [2.45, 2.75) is 25.0 Å². The van der Waals surface area contributed by atoms with Crippen LogP contribution in [0, 0.1) is 0 Å². The minimum atomic E-state index is -0.350. The Morgan fingerprint density at radius 2 is 2.10 bits per heavy atom. The first-order chi connectivity index (χ1) is 10.2. The van der Waals surface area contributed by atoms with Gasteiger partial charge in [0.25, 0.3) is 0 Å². The van der Waals surface area contributed by atoms with E-state index in [0.29, 0.717) is 10.6 Å². The fraction of sp³-hybridized carbons (Fsp3) is 0.294. The van der Waals surface area contributed by atoms with Crippen molar-refractivity contribution < 1.29 is 14.6 Å². The molecule has 1 aliphatic heterocycles. The molecule has 2 aromatic carbocycles. The van der Waals surface area contributed by atoms with Gasteiger partial charge >= 0.3 is 0 Å². The Labute approximate surface area is 129 Å². The summed E-state index contributed by atoms with van der Waals surface area (Å²) in [5.41, 5.74) is 1.87. The summed E-state index contributed by atoms with van der Waals surface area (Å²) in [4.78, 5) is 0. The molecule has 0 radical (unpaired) electrons. The molecule has 0 unspecified atom stereocenters. The Morgan fingerprint density at radius 3 is 2.90 bits per heavy atom. The van der Waals surface area contributed by atoms with Crippen LogP contribution in [0.15, 0.2) is 42.5 Å². The van der Waals surface area contributed by atoms with E-state index in [0.717, 1.165) is 18.6 Å². The van der Waals surface area contributed by atoms with E-state index in [1.807, 2.05) is 18.2 Å². The van der Waals surface area contributed by atoms with Crippen LogP contribution in [0.25, 0.3) is 0 Å². The standard InChI is InChI=1S/C17H17ClO3/c1-20-17(13-10-12(18)7-8-14(13)19)16-9-6-11-4-2-3-5-15(11)21-16/h2-5,7-8,10,16-17,19H,6,9H2,1H3/t16-,17-/m1/s1. The second kappa shape index (κ2) is 5.96. The fourth-order valence-corrected chi connectivity index (χ4v) is 2.97. The van der Waals surface area contributed by atoms with Gasteiger partial charge in [-0.3, -0.25) is 0 Å². The van der Waals surface area contributed by atoms with Crippen molar-refractivity contribution in [1.82, 2.24) is 0 Å². The van der Waals surface area contributed by atoms with Gasteiger partial charge in [-0.05, 0) is 42.7 Å². The molecule has 3 nitrogen and oxygen atoms in total. The zero-order valence-electron chi connectivity index (χ0n) is 11.8. The third-order valence-electron chi connectivity index (χ3n) is 3.84. The van der Waals surface area contributed by atoms with Crippen LogP contribution in [-0.4, -0.2) is 18.3 Å². The molecule has 1 N–H and O–H groups in total. The number of aryl methyl sites for hydroxylation is 1. The maximum absolute atomic E-state index is 10.1. The normalized spacial score (nSPS) is 18.7. The first-order valence-corrected chi connectivity index (χ1v) is 7.32. The molecule has 0 bridgehead atoms. The predicted octanol–water partition coefficient (Wildman–Crippen LogP) is 4.13. The molecule has 3 rings (SSSR count). The predicted molar refractivity (Wildman–Crippen MR) is 82.0 cm³/mol. The van der Waals surface area contributed by atoms with Crippen LogP contribution in [-0.2, 0) is 11.2 Å². The Hall–Kier alpha value is -1.71. The molecule has 0 amide bonds. The number of methoxy groups -OCH3 is 1. The van der Waals surface area contributed by atoms with E-state index < -0.39 is 0 Å². The Balaban J connectivity index is 1.90. The smallest absolute Gasteiger partial charge is 0.129 e.